The van der Waals surface area contributed by atoms with Crippen molar-refractivity contribution in [2.75, 3.05) is 5.32 Å². The molecule has 2 amide bonds. The number of aromatic hydroxyl groups is 1. The second-order valence-electron chi connectivity index (χ2n) is 9.50. The van der Waals surface area contributed by atoms with E-state index in [1.54, 1.807) is 24.3 Å². The third-order valence-corrected chi connectivity index (χ3v) is 6.72. The van der Waals surface area contributed by atoms with Crippen molar-refractivity contribution >= 4 is 17.6 Å². The van der Waals surface area contributed by atoms with Gasteiger partial charge in [0.15, 0.2) is 0 Å². The van der Waals surface area contributed by atoms with Crippen LogP contribution < -0.4 is 15.4 Å². The quantitative estimate of drug-likeness (QED) is 0.173. The number of carbonyl (C=O) groups is 2. The van der Waals surface area contributed by atoms with E-state index in [0.717, 1.165) is 31.4 Å². The van der Waals surface area contributed by atoms with Gasteiger partial charge < -0.3 is 20.5 Å². The van der Waals surface area contributed by atoms with Gasteiger partial charge in [0, 0.05) is 34.8 Å². The molecule has 0 unspecified atom stereocenters. The molecule has 0 bridgehead atoms. The molecule has 12 heteroatoms. The van der Waals surface area contributed by atoms with E-state index in [2.05, 4.69) is 20.5 Å². The summed E-state index contributed by atoms with van der Waals surface area (Å²) in [6.45, 7) is -0.0408. The molecule has 1 aromatic heterocycles. The third kappa shape index (κ3) is 6.48. The van der Waals surface area contributed by atoms with Gasteiger partial charge in [-0.3, -0.25) is 4.79 Å². The normalized spacial score (nSPS) is 13.4. The molecule has 0 aliphatic heterocycles. The average Bonchev–Trinajstić information content (AvgIpc) is 3.32. The Bertz CT molecular complexity index is 1580. The van der Waals surface area contributed by atoms with Crippen LogP contribution in [0.15, 0.2) is 72.8 Å². The first-order valence-electron chi connectivity index (χ1n) is 12.7. The van der Waals surface area contributed by atoms with Crippen molar-refractivity contribution in [2.24, 2.45) is 0 Å². The first-order chi connectivity index (χ1) is 19.6. The Morgan fingerprint density at radius 3 is 2.41 bits per heavy atom. The SMILES string of the molecule is O=C(Nc1ccc(O)c(-c2cc(C3CCC3)n(C(=O)NCc3ccccc3F)n2)c1)c1ccc(OC(F)(F)F)cc1. The standard InChI is InChI=1S/C29H24F4N4O4/c30-23-7-2-1-4-19(23)16-34-28(40)37-25(17-5-3-6-17)15-24(36-37)22-14-20(10-13-26(22)38)35-27(39)18-8-11-21(12-9-18)41-29(31,32)33/h1-2,4,7-15,17,38H,3,5-6,16H2,(H,34,40)(H,35,39). The summed E-state index contributed by atoms with van der Waals surface area (Å²) in [4.78, 5) is 25.8. The first kappa shape index (κ1) is 27.7. The molecular weight excluding hydrogens is 544 g/mol. The summed E-state index contributed by atoms with van der Waals surface area (Å²) in [6, 6.07) is 15.9. The summed E-state index contributed by atoms with van der Waals surface area (Å²) >= 11 is 0. The number of anilines is 1. The van der Waals surface area contributed by atoms with E-state index in [1.807, 2.05) is 0 Å². The number of hydrogen-bond acceptors (Lipinski definition) is 5. The van der Waals surface area contributed by atoms with E-state index in [9.17, 15) is 32.3 Å². The third-order valence-electron chi connectivity index (χ3n) is 6.72. The van der Waals surface area contributed by atoms with Gasteiger partial charge in [-0.25, -0.2) is 9.18 Å². The number of nitrogens with one attached hydrogen (secondary N) is 2. The number of nitrogens with zero attached hydrogens (tertiary/aromatic N) is 2. The number of aromatic nitrogens is 2. The Hall–Kier alpha value is -4.87. The molecule has 1 saturated carbocycles. The minimum atomic E-state index is -4.85. The van der Waals surface area contributed by atoms with Crippen LogP contribution in [0.25, 0.3) is 11.3 Å². The maximum atomic E-state index is 14.0. The predicted octanol–water partition coefficient (Wildman–Crippen LogP) is 6.57. The highest BCUT2D eigenvalue weighted by Crippen LogP contribution is 2.39. The molecule has 0 saturated heterocycles. The molecule has 1 heterocycles. The number of alkyl halides is 3. The lowest BCUT2D eigenvalue weighted by Crippen LogP contribution is -2.31. The van der Waals surface area contributed by atoms with Crippen LogP contribution in [-0.4, -0.2) is 33.2 Å². The van der Waals surface area contributed by atoms with Crippen LogP contribution in [0.4, 0.5) is 28.0 Å². The summed E-state index contributed by atoms with van der Waals surface area (Å²) in [5.41, 5.74) is 1.86. The summed E-state index contributed by atoms with van der Waals surface area (Å²) in [7, 11) is 0. The van der Waals surface area contributed by atoms with Gasteiger partial charge >= 0.3 is 12.4 Å². The van der Waals surface area contributed by atoms with Crippen LogP contribution in [-0.2, 0) is 6.54 Å². The highest BCUT2D eigenvalue weighted by Gasteiger charge is 2.31. The zero-order valence-corrected chi connectivity index (χ0v) is 21.4. The van der Waals surface area contributed by atoms with Crippen molar-refractivity contribution in [3.63, 3.8) is 0 Å². The van der Waals surface area contributed by atoms with Crippen LogP contribution in [0, 0.1) is 5.82 Å². The summed E-state index contributed by atoms with van der Waals surface area (Å²) < 4.78 is 56.2. The van der Waals surface area contributed by atoms with Crippen molar-refractivity contribution in [3.05, 3.63) is 95.4 Å². The van der Waals surface area contributed by atoms with Crippen LogP contribution >= 0.6 is 0 Å². The van der Waals surface area contributed by atoms with E-state index >= 15 is 0 Å². The largest absolute Gasteiger partial charge is 0.573 e. The highest BCUT2D eigenvalue weighted by molar-refractivity contribution is 6.04. The topological polar surface area (TPSA) is 105 Å². The van der Waals surface area contributed by atoms with E-state index in [4.69, 9.17) is 0 Å². The van der Waals surface area contributed by atoms with Crippen LogP contribution in [0.3, 0.4) is 0 Å². The number of ether oxygens (including phenoxy) is 1. The first-order valence-corrected chi connectivity index (χ1v) is 12.7. The molecule has 1 fully saturated rings. The molecule has 8 nitrogen and oxygen atoms in total. The molecule has 3 aromatic carbocycles. The molecule has 0 spiro atoms. The van der Waals surface area contributed by atoms with E-state index < -0.39 is 29.9 Å². The van der Waals surface area contributed by atoms with Crippen molar-refractivity contribution in [3.8, 4) is 22.8 Å². The number of rotatable bonds is 7. The molecular formula is C29H24F4N4O4. The van der Waals surface area contributed by atoms with Crippen molar-refractivity contribution in [1.29, 1.82) is 0 Å². The van der Waals surface area contributed by atoms with Gasteiger partial charge in [-0.15, -0.1) is 13.2 Å². The fraction of sp³-hybridized carbons (Fsp3) is 0.207. The minimum absolute atomic E-state index is 0.0408. The Kier molecular flexibility index (Phi) is 7.64. The maximum Gasteiger partial charge on any atom is 0.573 e. The van der Waals surface area contributed by atoms with E-state index in [1.165, 1.54) is 41.1 Å². The zero-order chi connectivity index (χ0) is 29.1. The summed E-state index contributed by atoms with van der Waals surface area (Å²) in [6.07, 6.45) is -2.13. The molecule has 3 N–H and O–H groups in total. The van der Waals surface area contributed by atoms with Gasteiger partial charge in [-0.2, -0.15) is 9.78 Å². The average molecular weight is 569 g/mol. The fourth-order valence-corrected chi connectivity index (χ4v) is 4.40. The lowest BCUT2D eigenvalue weighted by atomic mass is 9.82. The Morgan fingerprint density at radius 2 is 1.76 bits per heavy atom. The predicted molar refractivity (Wildman–Crippen MR) is 141 cm³/mol. The second-order valence-corrected chi connectivity index (χ2v) is 9.50. The number of benzene rings is 3. The number of amides is 2. The molecule has 4 aromatic rings. The number of hydrogen-bond donors (Lipinski definition) is 3. The van der Waals surface area contributed by atoms with Crippen LogP contribution in [0.5, 0.6) is 11.5 Å². The van der Waals surface area contributed by atoms with Crippen molar-refractivity contribution in [1.82, 2.24) is 15.1 Å². The molecule has 212 valence electrons. The Labute approximate surface area is 231 Å². The van der Waals surface area contributed by atoms with E-state index in [0.29, 0.717) is 11.3 Å². The summed E-state index contributed by atoms with van der Waals surface area (Å²) in [5.74, 6) is -1.56. The molecule has 41 heavy (non-hydrogen) atoms. The lowest BCUT2D eigenvalue weighted by Gasteiger charge is -2.25. The second kappa shape index (κ2) is 11.3. The Balaban J connectivity index is 1.35. The molecule has 0 radical (unpaired) electrons. The van der Waals surface area contributed by atoms with Gasteiger partial charge in [0.25, 0.3) is 5.91 Å². The van der Waals surface area contributed by atoms with Crippen LogP contribution in [0.2, 0.25) is 0 Å². The smallest absolute Gasteiger partial charge is 0.507 e. The lowest BCUT2D eigenvalue weighted by molar-refractivity contribution is -0.274. The maximum absolute atomic E-state index is 14.0. The highest BCUT2D eigenvalue weighted by atomic mass is 19.4. The zero-order valence-electron chi connectivity index (χ0n) is 21.4. The van der Waals surface area contributed by atoms with Gasteiger partial charge in [0.2, 0.25) is 0 Å². The van der Waals surface area contributed by atoms with Gasteiger partial charge in [-0.1, -0.05) is 24.6 Å². The minimum Gasteiger partial charge on any atom is -0.507 e. The molecule has 1 aliphatic rings. The molecule has 0 atom stereocenters. The molecule has 1 aliphatic carbocycles. The number of phenolic OH excluding ortho intramolecular Hbond substituents is 1. The fourth-order valence-electron chi connectivity index (χ4n) is 4.40. The Morgan fingerprint density at radius 1 is 1.02 bits per heavy atom. The van der Waals surface area contributed by atoms with Gasteiger partial charge in [0.1, 0.15) is 17.3 Å². The number of halogens is 4. The molecule has 5 rings (SSSR count). The monoisotopic (exact) mass is 568 g/mol. The van der Waals surface area contributed by atoms with Gasteiger partial charge in [-0.05, 0) is 67.4 Å². The number of carbonyl (C=O) groups excluding carboxylic acids is 2. The van der Waals surface area contributed by atoms with Crippen LogP contribution in [0.1, 0.15) is 46.8 Å². The van der Waals surface area contributed by atoms with E-state index in [-0.39, 0.29) is 40.7 Å². The van der Waals surface area contributed by atoms with Gasteiger partial charge in [0.05, 0.1) is 11.4 Å². The van der Waals surface area contributed by atoms with Crippen molar-refractivity contribution in [2.45, 2.75) is 38.1 Å². The van der Waals surface area contributed by atoms with Crippen molar-refractivity contribution < 1.29 is 37.0 Å². The summed E-state index contributed by atoms with van der Waals surface area (Å²) in [5, 5.41) is 20.3. The number of phenols is 1.